The third-order valence-corrected chi connectivity index (χ3v) is 6.19. The van der Waals surface area contributed by atoms with E-state index in [2.05, 4.69) is 32.3 Å². The fraction of sp³-hybridized carbons (Fsp3) is 0.280. The first-order valence-corrected chi connectivity index (χ1v) is 11.9. The van der Waals surface area contributed by atoms with Crippen LogP contribution in [0.4, 0.5) is 11.6 Å². The highest BCUT2D eigenvalue weighted by atomic mass is 35.5. The molecule has 1 aromatic heterocycles. The lowest BCUT2D eigenvalue weighted by molar-refractivity contribution is -0.142. The number of hydrogen-bond acceptors (Lipinski definition) is 7. The standard InChI is InChI=1S/C25H25Cl2N5O3/c1-35-24(34)21(15-17-7-9-18(26)10-8-17)28-23(33)20-16-22(27)30-25(29-20)32-13-11-31(12-14-32)19-5-3-2-4-6-19/h2-10,16,21H,11-15H2,1H3,(H,28,33). The molecule has 10 heteroatoms. The van der Waals surface area contributed by atoms with E-state index >= 15 is 0 Å². The monoisotopic (exact) mass is 513 g/mol. The second-order valence-corrected chi connectivity index (χ2v) is 8.89. The molecule has 1 atom stereocenters. The summed E-state index contributed by atoms with van der Waals surface area (Å²) >= 11 is 12.2. The van der Waals surface area contributed by atoms with Gasteiger partial charge in [0.25, 0.3) is 5.91 Å². The number of para-hydroxylation sites is 1. The maximum absolute atomic E-state index is 13.0. The molecular weight excluding hydrogens is 489 g/mol. The van der Waals surface area contributed by atoms with Gasteiger partial charge in [0.05, 0.1) is 7.11 Å². The summed E-state index contributed by atoms with van der Waals surface area (Å²) in [5.41, 5.74) is 2.06. The van der Waals surface area contributed by atoms with Gasteiger partial charge >= 0.3 is 5.97 Å². The average molecular weight is 514 g/mol. The van der Waals surface area contributed by atoms with Crippen LogP contribution in [-0.4, -0.2) is 61.2 Å². The highest BCUT2D eigenvalue weighted by Gasteiger charge is 2.25. The number of piperazine rings is 1. The van der Waals surface area contributed by atoms with Crippen LogP contribution in [0.15, 0.2) is 60.7 Å². The van der Waals surface area contributed by atoms with Gasteiger partial charge in [-0.3, -0.25) is 4.79 Å². The Balaban J connectivity index is 1.45. The fourth-order valence-corrected chi connectivity index (χ4v) is 4.20. The zero-order valence-electron chi connectivity index (χ0n) is 19.2. The van der Waals surface area contributed by atoms with Crippen molar-refractivity contribution in [1.29, 1.82) is 0 Å². The van der Waals surface area contributed by atoms with E-state index in [1.165, 1.54) is 13.2 Å². The van der Waals surface area contributed by atoms with Crippen molar-refractivity contribution >= 4 is 46.7 Å². The lowest BCUT2D eigenvalue weighted by Gasteiger charge is -2.36. The Morgan fingerprint density at radius 3 is 2.29 bits per heavy atom. The Kier molecular flexibility index (Phi) is 8.05. The average Bonchev–Trinajstić information content (AvgIpc) is 2.89. The number of nitrogens with zero attached hydrogens (tertiary/aromatic N) is 4. The second kappa shape index (κ2) is 11.4. The van der Waals surface area contributed by atoms with Gasteiger partial charge in [0.1, 0.15) is 16.9 Å². The van der Waals surface area contributed by atoms with Gasteiger partial charge in [-0.2, -0.15) is 0 Å². The molecule has 1 fully saturated rings. The van der Waals surface area contributed by atoms with Crippen molar-refractivity contribution < 1.29 is 14.3 Å². The molecule has 0 spiro atoms. The lowest BCUT2D eigenvalue weighted by Crippen LogP contribution is -2.47. The number of ether oxygens (including phenoxy) is 1. The zero-order chi connectivity index (χ0) is 24.8. The third kappa shape index (κ3) is 6.41. The topological polar surface area (TPSA) is 87.7 Å². The number of halogens is 2. The lowest BCUT2D eigenvalue weighted by atomic mass is 10.1. The maximum Gasteiger partial charge on any atom is 0.328 e. The van der Waals surface area contributed by atoms with Crippen LogP contribution in [0.3, 0.4) is 0 Å². The summed E-state index contributed by atoms with van der Waals surface area (Å²) < 4.78 is 4.88. The summed E-state index contributed by atoms with van der Waals surface area (Å²) in [4.78, 5) is 38.4. The predicted octanol–water partition coefficient (Wildman–Crippen LogP) is 3.62. The van der Waals surface area contributed by atoms with Gasteiger partial charge in [0, 0.05) is 49.4 Å². The molecule has 35 heavy (non-hydrogen) atoms. The van der Waals surface area contributed by atoms with Gasteiger partial charge in [-0.05, 0) is 29.8 Å². The van der Waals surface area contributed by atoms with Crippen LogP contribution < -0.4 is 15.1 Å². The summed E-state index contributed by atoms with van der Waals surface area (Å²) in [6, 6.07) is 17.7. The number of rotatable bonds is 7. The van der Waals surface area contributed by atoms with E-state index in [1.807, 2.05) is 23.1 Å². The molecule has 8 nitrogen and oxygen atoms in total. The molecule has 1 unspecified atom stereocenters. The number of carbonyl (C=O) groups is 2. The van der Waals surface area contributed by atoms with E-state index in [1.54, 1.807) is 24.3 Å². The number of amides is 1. The molecule has 0 aliphatic carbocycles. The van der Waals surface area contributed by atoms with Crippen molar-refractivity contribution in [3.8, 4) is 0 Å². The van der Waals surface area contributed by atoms with Crippen molar-refractivity contribution in [2.75, 3.05) is 43.1 Å². The number of aromatic nitrogens is 2. The van der Waals surface area contributed by atoms with Crippen LogP contribution in [0.5, 0.6) is 0 Å². The number of esters is 1. The van der Waals surface area contributed by atoms with Crippen LogP contribution in [-0.2, 0) is 16.0 Å². The van der Waals surface area contributed by atoms with E-state index in [9.17, 15) is 9.59 Å². The second-order valence-electron chi connectivity index (χ2n) is 8.07. The minimum atomic E-state index is -0.903. The molecule has 1 saturated heterocycles. The summed E-state index contributed by atoms with van der Waals surface area (Å²) in [7, 11) is 1.28. The Labute approximate surface area is 213 Å². The maximum atomic E-state index is 13.0. The van der Waals surface area contributed by atoms with Gasteiger partial charge < -0.3 is 19.9 Å². The van der Waals surface area contributed by atoms with Crippen LogP contribution in [0.2, 0.25) is 10.2 Å². The number of methoxy groups -OCH3 is 1. The van der Waals surface area contributed by atoms with Crippen LogP contribution in [0.1, 0.15) is 16.1 Å². The Hall–Kier alpha value is -3.36. The molecule has 4 rings (SSSR count). The first-order chi connectivity index (χ1) is 16.9. The molecular formula is C25H25Cl2N5O3. The van der Waals surface area contributed by atoms with E-state index in [0.29, 0.717) is 24.1 Å². The van der Waals surface area contributed by atoms with Crippen LogP contribution in [0.25, 0.3) is 0 Å². The molecule has 2 aromatic carbocycles. The first kappa shape index (κ1) is 24.8. The Morgan fingerprint density at radius 2 is 1.63 bits per heavy atom. The molecule has 0 saturated carbocycles. The van der Waals surface area contributed by atoms with Gasteiger partial charge in [0.2, 0.25) is 5.95 Å². The van der Waals surface area contributed by atoms with Crippen molar-refractivity contribution in [3.05, 3.63) is 82.1 Å². The van der Waals surface area contributed by atoms with Gasteiger partial charge in [-0.25, -0.2) is 14.8 Å². The molecule has 1 N–H and O–H groups in total. The van der Waals surface area contributed by atoms with E-state index in [-0.39, 0.29) is 17.3 Å². The van der Waals surface area contributed by atoms with Crippen LogP contribution in [0, 0.1) is 0 Å². The minimum Gasteiger partial charge on any atom is -0.467 e. The Morgan fingerprint density at radius 1 is 0.971 bits per heavy atom. The van der Waals surface area contributed by atoms with Crippen molar-refractivity contribution in [2.45, 2.75) is 12.5 Å². The normalized spacial score (nSPS) is 14.4. The van der Waals surface area contributed by atoms with E-state index in [0.717, 1.165) is 24.3 Å². The first-order valence-electron chi connectivity index (χ1n) is 11.2. The quantitative estimate of drug-likeness (QED) is 0.381. The SMILES string of the molecule is COC(=O)C(Cc1ccc(Cl)cc1)NC(=O)c1cc(Cl)nc(N2CCN(c3ccccc3)CC2)n1. The van der Waals surface area contributed by atoms with Gasteiger partial charge in [0.15, 0.2) is 0 Å². The zero-order valence-corrected chi connectivity index (χ0v) is 20.7. The van der Waals surface area contributed by atoms with Crippen molar-refractivity contribution in [1.82, 2.24) is 15.3 Å². The Bertz CT molecular complexity index is 1170. The van der Waals surface area contributed by atoms with Crippen molar-refractivity contribution in [3.63, 3.8) is 0 Å². The largest absolute Gasteiger partial charge is 0.467 e. The summed E-state index contributed by atoms with van der Waals surface area (Å²) in [6.07, 6.45) is 0.239. The molecule has 3 aromatic rings. The summed E-state index contributed by atoms with van der Waals surface area (Å²) in [5.74, 6) is -0.726. The summed E-state index contributed by atoms with van der Waals surface area (Å²) in [5, 5.41) is 3.45. The van der Waals surface area contributed by atoms with Gasteiger partial charge in [-0.15, -0.1) is 0 Å². The van der Waals surface area contributed by atoms with Gasteiger partial charge in [-0.1, -0.05) is 53.5 Å². The number of carbonyl (C=O) groups excluding carboxylic acids is 2. The third-order valence-electron chi connectivity index (χ3n) is 5.74. The molecule has 1 amide bonds. The highest BCUT2D eigenvalue weighted by molar-refractivity contribution is 6.30. The van der Waals surface area contributed by atoms with E-state index < -0.39 is 17.9 Å². The fourth-order valence-electron chi connectivity index (χ4n) is 3.89. The minimum absolute atomic E-state index is 0.0792. The molecule has 0 bridgehead atoms. The summed E-state index contributed by atoms with van der Waals surface area (Å²) in [6.45, 7) is 2.93. The number of benzene rings is 2. The van der Waals surface area contributed by atoms with Crippen molar-refractivity contribution in [2.24, 2.45) is 0 Å². The smallest absolute Gasteiger partial charge is 0.328 e. The molecule has 182 valence electrons. The van der Waals surface area contributed by atoms with E-state index in [4.69, 9.17) is 27.9 Å². The molecule has 0 radical (unpaired) electrons. The number of anilines is 2. The predicted molar refractivity (Wildman–Crippen MR) is 136 cm³/mol. The molecule has 1 aliphatic heterocycles. The van der Waals surface area contributed by atoms with Crippen LogP contribution >= 0.6 is 23.2 Å². The number of nitrogens with one attached hydrogen (secondary N) is 1. The molecule has 2 heterocycles. The highest BCUT2D eigenvalue weighted by Crippen LogP contribution is 2.20. The molecule has 1 aliphatic rings. The number of hydrogen-bond donors (Lipinski definition) is 1.